The monoisotopic (exact) mass is 337 g/mol. The summed E-state index contributed by atoms with van der Waals surface area (Å²) in [6.45, 7) is 1.61. The summed E-state index contributed by atoms with van der Waals surface area (Å²) >= 11 is 6.04. The quantitative estimate of drug-likeness (QED) is 0.709. The zero-order valence-corrected chi connectivity index (χ0v) is 13.8. The Morgan fingerprint density at radius 2 is 1.88 bits per heavy atom. The second-order valence-corrected chi connectivity index (χ2v) is 6.92. The molecule has 0 bridgehead atoms. The van der Waals surface area contributed by atoms with Gasteiger partial charge in [-0.2, -0.15) is 0 Å². The number of aromatic nitrogens is 2. The standard InChI is InChI=1S/C19H16ClN3O/c20-13-5-3-12(4-6-13)16-17-15(2-1-9-21-17)23-11-10-22(14-7-8-14)19(24)18(16)23/h1-6,9,14H,7-8,10-11H2. The molecule has 1 aromatic carbocycles. The third-order valence-corrected chi connectivity index (χ3v) is 5.22. The van der Waals surface area contributed by atoms with Gasteiger partial charge in [0.1, 0.15) is 5.69 Å². The van der Waals surface area contributed by atoms with Gasteiger partial charge in [0, 0.05) is 35.9 Å². The van der Waals surface area contributed by atoms with Gasteiger partial charge >= 0.3 is 0 Å². The fraction of sp³-hybridized carbons (Fsp3) is 0.263. The van der Waals surface area contributed by atoms with Crippen LogP contribution in [0.3, 0.4) is 0 Å². The summed E-state index contributed by atoms with van der Waals surface area (Å²) in [5.74, 6) is 0.131. The van der Waals surface area contributed by atoms with Crippen LogP contribution in [0.4, 0.5) is 0 Å². The molecule has 1 saturated carbocycles. The molecule has 5 heteroatoms. The van der Waals surface area contributed by atoms with Crippen LogP contribution in [0.15, 0.2) is 42.6 Å². The summed E-state index contributed by atoms with van der Waals surface area (Å²) in [7, 11) is 0. The van der Waals surface area contributed by atoms with Gasteiger partial charge in [-0.1, -0.05) is 23.7 Å². The maximum atomic E-state index is 13.2. The predicted molar refractivity (Wildman–Crippen MR) is 94.2 cm³/mol. The van der Waals surface area contributed by atoms with Gasteiger partial charge < -0.3 is 9.47 Å². The minimum absolute atomic E-state index is 0.131. The van der Waals surface area contributed by atoms with E-state index >= 15 is 0 Å². The van der Waals surface area contributed by atoms with Crippen molar-refractivity contribution >= 4 is 28.5 Å². The normalized spacial score (nSPS) is 17.4. The average Bonchev–Trinajstić information content (AvgIpc) is 3.38. The zero-order valence-electron chi connectivity index (χ0n) is 13.1. The lowest BCUT2D eigenvalue weighted by Gasteiger charge is -2.29. The van der Waals surface area contributed by atoms with E-state index in [1.807, 2.05) is 41.3 Å². The number of rotatable bonds is 2. The number of amides is 1. The van der Waals surface area contributed by atoms with E-state index in [2.05, 4.69) is 9.55 Å². The largest absolute Gasteiger partial charge is 0.333 e. The van der Waals surface area contributed by atoms with Gasteiger partial charge in [-0.15, -0.1) is 0 Å². The zero-order chi connectivity index (χ0) is 16.3. The van der Waals surface area contributed by atoms with Crippen LogP contribution in [-0.2, 0) is 6.54 Å². The van der Waals surface area contributed by atoms with E-state index in [0.717, 1.165) is 53.8 Å². The number of benzene rings is 1. The van der Waals surface area contributed by atoms with E-state index in [-0.39, 0.29) is 5.91 Å². The Hall–Kier alpha value is -2.33. The van der Waals surface area contributed by atoms with E-state index in [1.165, 1.54) is 0 Å². The van der Waals surface area contributed by atoms with Crippen LogP contribution in [0.5, 0.6) is 0 Å². The molecule has 2 aromatic heterocycles. The van der Waals surface area contributed by atoms with Gasteiger partial charge in [-0.05, 0) is 42.7 Å². The molecule has 1 amide bonds. The third-order valence-electron chi connectivity index (χ3n) is 4.97. The summed E-state index contributed by atoms with van der Waals surface area (Å²) in [4.78, 5) is 19.8. The van der Waals surface area contributed by atoms with Gasteiger partial charge in [0.25, 0.3) is 5.91 Å². The van der Waals surface area contributed by atoms with Crippen molar-refractivity contribution in [1.82, 2.24) is 14.5 Å². The number of carbonyl (C=O) groups excluding carboxylic acids is 1. The van der Waals surface area contributed by atoms with E-state index in [4.69, 9.17) is 11.6 Å². The van der Waals surface area contributed by atoms with Crippen molar-refractivity contribution in [2.45, 2.75) is 25.4 Å². The summed E-state index contributed by atoms with van der Waals surface area (Å²) < 4.78 is 2.13. The molecule has 1 fully saturated rings. The lowest BCUT2D eigenvalue weighted by atomic mass is 10.0. The third kappa shape index (κ3) is 1.99. The Morgan fingerprint density at radius 3 is 2.62 bits per heavy atom. The Kier molecular flexibility index (Phi) is 2.98. The number of carbonyl (C=O) groups is 1. The second kappa shape index (κ2) is 5.08. The minimum Gasteiger partial charge on any atom is -0.333 e. The summed E-state index contributed by atoms with van der Waals surface area (Å²) in [5.41, 5.74) is 4.60. The highest BCUT2D eigenvalue weighted by atomic mass is 35.5. The van der Waals surface area contributed by atoms with E-state index in [0.29, 0.717) is 11.1 Å². The number of pyridine rings is 1. The van der Waals surface area contributed by atoms with Crippen LogP contribution in [0, 0.1) is 0 Å². The molecule has 4 nitrogen and oxygen atoms in total. The number of nitrogens with zero attached hydrogens (tertiary/aromatic N) is 3. The SMILES string of the molecule is O=C1c2c(-c3ccc(Cl)cc3)c3ncccc3n2CCN1C1CC1. The molecule has 0 radical (unpaired) electrons. The predicted octanol–water partition coefficient (Wildman–Crippen LogP) is 3.97. The van der Waals surface area contributed by atoms with Gasteiger partial charge in [0.15, 0.2) is 0 Å². The lowest BCUT2D eigenvalue weighted by Crippen LogP contribution is -2.41. The Balaban J connectivity index is 1.79. The fourth-order valence-electron chi connectivity index (χ4n) is 3.70. The van der Waals surface area contributed by atoms with Crippen molar-refractivity contribution in [3.63, 3.8) is 0 Å². The smallest absolute Gasteiger partial charge is 0.271 e. The first-order valence-electron chi connectivity index (χ1n) is 8.28. The topological polar surface area (TPSA) is 38.1 Å². The molecule has 1 aliphatic carbocycles. The van der Waals surface area contributed by atoms with Gasteiger partial charge in [-0.25, -0.2) is 0 Å². The van der Waals surface area contributed by atoms with E-state index < -0.39 is 0 Å². The van der Waals surface area contributed by atoms with Crippen molar-refractivity contribution in [2.24, 2.45) is 0 Å². The fourth-order valence-corrected chi connectivity index (χ4v) is 3.83. The number of hydrogen-bond donors (Lipinski definition) is 0. The molecule has 2 aliphatic rings. The van der Waals surface area contributed by atoms with Crippen molar-refractivity contribution in [1.29, 1.82) is 0 Å². The highest BCUT2D eigenvalue weighted by Gasteiger charge is 2.39. The second-order valence-electron chi connectivity index (χ2n) is 6.48. The van der Waals surface area contributed by atoms with Crippen molar-refractivity contribution in [2.75, 3.05) is 6.54 Å². The summed E-state index contributed by atoms with van der Waals surface area (Å²) in [5, 5.41) is 0.690. The van der Waals surface area contributed by atoms with Crippen LogP contribution < -0.4 is 0 Å². The molecule has 0 N–H and O–H groups in total. The molecule has 3 heterocycles. The number of halogens is 1. The van der Waals surface area contributed by atoms with Crippen molar-refractivity contribution in [3.05, 3.63) is 53.3 Å². The molecule has 0 unspecified atom stereocenters. The molecule has 0 atom stereocenters. The lowest BCUT2D eigenvalue weighted by molar-refractivity contribution is 0.0694. The average molecular weight is 338 g/mol. The Bertz CT molecular complexity index is 957. The van der Waals surface area contributed by atoms with Crippen LogP contribution >= 0.6 is 11.6 Å². The maximum Gasteiger partial charge on any atom is 0.271 e. The minimum atomic E-state index is 0.131. The molecule has 5 rings (SSSR count). The molecular formula is C19H16ClN3O. The van der Waals surface area contributed by atoms with Crippen LogP contribution in [0.1, 0.15) is 23.3 Å². The molecule has 24 heavy (non-hydrogen) atoms. The first kappa shape index (κ1) is 14.1. The van der Waals surface area contributed by atoms with E-state index in [9.17, 15) is 4.79 Å². The molecule has 0 saturated heterocycles. The van der Waals surface area contributed by atoms with Crippen molar-refractivity contribution < 1.29 is 4.79 Å². The molecule has 1 aliphatic heterocycles. The summed E-state index contributed by atoms with van der Waals surface area (Å²) in [6.07, 6.45) is 4.04. The molecule has 0 spiro atoms. The Morgan fingerprint density at radius 1 is 1.08 bits per heavy atom. The molecule has 3 aromatic rings. The van der Waals surface area contributed by atoms with Gasteiger partial charge in [0.2, 0.25) is 0 Å². The number of hydrogen-bond acceptors (Lipinski definition) is 2. The van der Waals surface area contributed by atoms with Gasteiger partial charge in [0.05, 0.1) is 11.0 Å². The number of fused-ring (bicyclic) bond motifs is 3. The first-order chi connectivity index (χ1) is 11.7. The maximum absolute atomic E-state index is 13.2. The highest BCUT2D eigenvalue weighted by molar-refractivity contribution is 6.30. The first-order valence-corrected chi connectivity index (χ1v) is 8.66. The van der Waals surface area contributed by atoms with Crippen LogP contribution in [-0.4, -0.2) is 32.9 Å². The molecule has 120 valence electrons. The van der Waals surface area contributed by atoms with Crippen molar-refractivity contribution in [3.8, 4) is 11.1 Å². The van der Waals surface area contributed by atoms with Gasteiger partial charge in [-0.3, -0.25) is 9.78 Å². The van der Waals surface area contributed by atoms with Crippen LogP contribution in [0.2, 0.25) is 5.02 Å². The molecular weight excluding hydrogens is 322 g/mol. The summed E-state index contributed by atoms with van der Waals surface area (Å²) in [6, 6.07) is 12.1. The van der Waals surface area contributed by atoms with Crippen LogP contribution in [0.25, 0.3) is 22.2 Å². The van der Waals surface area contributed by atoms with E-state index in [1.54, 1.807) is 6.20 Å². The Labute approximate surface area is 144 Å². The highest BCUT2D eigenvalue weighted by Crippen LogP contribution is 2.39.